The van der Waals surface area contributed by atoms with Crippen LogP contribution >= 0.6 is 0 Å². The van der Waals surface area contributed by atoms with Crippen LogP contribution in [0.5, 0.6) is 11.5 Å². The summed E-state index contributed by atoms with van der Waals surface area (Å²) in [7, 11) is 0. The average Bonchev–Trinajstić information content (AvgIpc) is 3.02. The van der Waals surface area contributed by atoms with Gasteiger partial charge in [-0.1, -0.05) is 6.07 Å². The van der Waals surface area contributed by atoms with Crippen LogP contribution < -0.4 is 25.4 Å². The molecule has 0 unspecified atom stereocenters. The molecule has 7 heteroatoms. The van der Waals surface area contributed by atoms with Gasteiger partial charge >= 0.3 is 0 Å². The number of benzene rings is 2. The summed E-state index contributed by atoms with van der Waals surface area (Å²) < 4.78 is 10.6. The van der Waals surface area contributed by atoms with Crippen molar-refractivity contribution in [3.05, 3.63) is 42.5 Å². The SMILES string of the molecule is CC(=O)Nc1cccc(NC(=O)CCNc2ccc3c(c2)OCO3)c1. The van der Waals surface area contributed by atoms with Gasteiger partial charge in [-0.15, -0.1) is 0 Å². The predicted molar refractivity (Wildman–Crippen MR) is 95.0 cm³/mol. The van der Waals surface area contributed by atoms with Crippen LogP contribution in [-0.4, -0.2) is 25.2 Å². The van der Waals surface area contributed by atoms with Crippen molar-refractivity contribution in [2.24, 2.45) is 0 Å². The van der Waals surface area contributed by atoms with E-state index < -0.39 is 0 Å². The van der Waals surface area contributed by atoms with E-state index in [9.17, 15) is 9.59 Å². The first kappa shape index (κ1) is 16.6. The van der Waals surface area contributed by atoms with E-state index in [-0.39, 0.29) is 18.6 Å². The molecule has 0 saturated heterocycles. The highest BCUT2D eigenvalue weighted by Gasteiger charge is 2.13. The van der Waals surface area contributed by atoms with Crippen LogP contribution in [0.2, 0.25) is 0 Å². The molecule has 1 aliphatic heterocycles. The van der Waals surface area contributed by atoms with Gasteiger partial charge in [-0.25, -0.2) is 0 Å². The molecule has 1 aliphatic rings. The highest BCUT2D eigenvalue weighted by atomic mass is 16.7. The fourth-order valence-corrected chi connectivity index (χ4v) is 2.43. The van der Waals surface area contributed by atoms with Gasteiger partial charge in [0.25, 0.3) is 0 Å². The standard InChI is InChI=1S/C18H19N3O4/c1-12(22)20-14-3-2-4-15(9-14)21-18(23)7-8-19-13-5-6-16-17(10-13)25-11-24-16/h2-6,9-10,19H,7-8,11H2,1H3,(H,20,22)(H,21,23). The second kappa shape index (κ2) is 7.57. The number of carbonyl (C=O) groups is 2. The van der Waals surface area contributed by atoms with Gasteiger partial charge in [-0.05, 0) is 30.3 Å². The lowest BCUT2D eigenvalue weighted by molar-refractivity contribution is -0.116. The summed E-state index contributed by atoms with van der Waals surface area (Å²) in [6, 6.07) is 12.6. The Balaban J connectivity index is 1.47. The van der Waals surface area contributed by atoms with Crippen LogP contribution in [-0.2, 0) is 9.59 Å². The predicted octanol–water partition coefficient (Wildman–Crippen LogP) is 2.81. The minimum absolute atomic E-state index is 0.117. The molecular weight excluding hydrogens is 322 g/mol. The number of fused-ring (bicyclic) bond motifs is 1. The molecule has 0 spiro atoms. The Morgan fingerprint density at radius 2 is 1.72 bits per heavy atom. The molecule has 130 valence electrons. The second-order valence-electron chi connectivity index (χ2n) is 5.55. The Morgan fingerprint density at radius 1 is 0.960 bits per heavy atom. The molecule has 0 saturated carbocycles. The van der Waals surface area contributed by atoms with Crippen molar-refractivity contribution in [3.63, 3.8) is 0 Å². The second-order valence-corrected chi connectivity index (χ2v) is 5.55. The van der Waals surface area contributed by atoms with E-state index in [1.54, 1.807) is 24.3 Å². The third kappa shape index (κ3) is 4.63. The van der Waals surface area contributed by atoms with Crippen LogP contribution in [0.4, 0.5) is 17.1 Å². The Bertz CT molecular complexity index is 792. The van der Waals surface area contributed by atoms with Gasteiger partial charge in [-0.2, -0.15) is 0 Å². The van der Waals surface area contributed by atoms with Gasteiger partial charge in [0.2, 0.25) is 18.6 Å². The molecule has 1 heterocycles. The van der Waals surface area contributed by atoms with Crippen molar-refractivity contribution in [2.45, 2.75) is 13.3 Å². The monoisotopic (exact) mass is 341 g/mol. The van der Waals surface area contributed by atoms with E-state index in [4.69, 9.17) is 9.47 Å². The highest BCUT2D eigenvalue weighted by molar-refractivity contribution is 5.93. The van der Waals surface area contributed by atoms with Crippen LogP contribution in [0.3, 0.4) is 0 Å². The zero-order valence-corrected chi connectivity index (χ0v) is 13.8. The number of hydrogen-bond acceptors (Lipinski definition) is 5. The minimum atomic E-state index is -0.156. The quantitative estimate of drug-likeness (QED) is 0.752. The van der Waals surface area contributed by atoms with Gasteiger partial charge in [-0.3, -0.25) is 9.59 Å². The summed E-state index contributed by atoms with van der Waals surface area (Å²) in [6.45, 7) is 2.16. The zero-order chi connectivity index (χ0) is 17.6. The van der Waals surface area contributed by atoms with Crippen molar-refractivity contribution < 1.29 is 19.1 Å². The topological polar surface area (TPSA) is 88.7 Å². The van der Waals surface area contributed by atoms with Crippen molar-refractivity contribution in [2.75, 3.05) is 29.3 Å². The van der Waals surface area contributed by atoms with Gasteiger partial charge in [0.15, 0.2) is 11.5 Å². The lowest BCUT2D eigenvalue weighted by Gasteiger charge is -2.09. The fourth-order valence-electron chi connectivity index (χ4n) is 2.43. The molecule has 0 radical (unpaired) electrons. The summed E-state index contributed by atoms with van der Waals surface area (Å²) in [6.07, 6.45) is 0.304. The highest BCUT2D eigenvalue weighted by Crippen LogP contribution is 2.34. The first-order valence-corrected chi connectivity index (χ1v) is 7.91. The smallest absolute Gasteiger partial charge is 0.231 e. The average molecular weight is 341 g/mol. The lowest BCUT2D eigenvalue weighted by atomic mass is 10.2. The third-order valence-electron chi connectivity index (χ3n) is 3.52. The maximum atomic E-state index is 12.0. The van der Waals surface area contributed by atoms with E-state index in [1.807, 2.05) is 18.2 Å². The molecule has 0 atom stereocenters. The number of hydrogen-bond donors (Lipinski definition) is 3. The lowest BCUT2D eigenvalue weighted by Crippen LogP contribution is -2.16. The van der Waals surface area contributed by atoms with Crippen LogP contribution in [0.15, 0.2) is 42.5 Å². The molecule has 0 aromatic heterocycles. The maximum Gasteiger partial charge on any atom is 0.231 e. The Morgan fingerprint density at radius 3 is 2.52 bits per heavy atom. The fraction of sp³-hybridized carbons (Fsp3) is 0.222. The van der Waals surface area contributed by atoms with E-state index in [0.717, 1.165) is 11.4 Å². The first-order chi connectivity index (χ1) is 12.1. The Labute approximate surface area is 145 Å². The number of rotatable bonds is 6. The summed E-state index contributed by atoms with van der Waals surface area (Å²) in [4.78, 5) is 23.1. The molecule has 25 heavy (non-hydrogen) atoms. The maximum absolute atomic E-state index is 12.0. The van der Waals surface area contributed by atoms with Crippen molar-refractivity contribution >= 4 is 28.9 Å². The molecule has 7 nitrogen and oxygen atoms in total. The number of nitrogens with one attached hydrogen (secondary N) is 3. The van der Waals surface area contributed by atoms with Crippen molar-refractivity contribution in [1.82, 2.24) is 0 Å². The molecule has 2 aromatic rings. The van der Waals surface area contributed by atoms with Gasteiger partial charge in [0, 0.05) is 43.0 Å². The number of anilines is 3. The molecule has 2 aromatic carbocycles. The number of ether oxygens (including phenoxy) is 2. The van der Waals surface area contributed by atoms with Crippen LogP contribution in [0.25, 0.3) is 0 Å². The van der Waals surface area contributed by atoms with E-state index in [0.29, 0.717) is 30.1 Å². The molecule has 3 N–H and O–H groups in total. The van der Waals surface area contributed by atoms with Crippen molar-refractivity contribution in [3.8, 4) is 11.5 Å². The van der Waals surface area contributed by atoms with Crippen molar-refractivity contribution in [1.29, 1.82) is 0 Å². The summed E-state index contributed by atoms with van der Waals surface area (Å²) in [5.41, 5.74) is 2.15. The zero-order valence-electron chi connectivity index (χ0n) is 13.8. The number of amides is 2. The summed E-state index contributed by atoms with van der Waals surface area (Å²) in [5, 5.41) is 8.66. The normalized spacial score (nSPS) is 11.7. The van der Waals surface area contributed by atoms with Crippen LogP contribution in [0, 0.1) is 0 Å². The summed E-state index contributed by atoms with van der Waals surface area (Å²) in [5.74, 6) is 1.15. The largest absolute Gasteiger partial charge is 0.454 e. The Hall–Kier alpha value is -3.22. The van der Waals surface area contributed by atoms with E-state index in [2.05, 4.69) is 16.0 Å². The molecule has 0 fully saturated rings. The first-order valence-electron chi connectivity index (χ1n) is 7.91. The van der Waals surface area contributed by atoms with E-state index in [1.165, 1.54) is 6.92 Å². The van der Waals surface area contributed by atoms with Crippen LogP contribution in [0.1, 0.15) is 13.3 Å². The van der Waals surface area contributed by atoms with Gasteiger partial charge < -0.3 is 25.4 Å². The number of carbonyl (C=O) groups excluding carboxylic acids is 2. The molecule has 2 amide bonds. The summed E-state index contributed by atoms with van der Waals surface area (Å²) >= 11 is 0. The van der Waals surface area contributed by atoms with E-state index >= 15 is 0 Å². The minimum Gasteiger partial charge on any atom is -0.454 e. The Kier molecular flexibility index (Phi) is 5.03. The molecule has 3 rings (SSSR count). The third-order valence-corrected chi connectivity index (χ3v) is 3.52. The molecular formula is C18H19N3O4. The molecule has 0 bridgehead atoms. The molecule has 0 aliphatic carbocycles. The van der Waals surface area contributed by atoms with Gasteiger partial charge in [0.05, 0.1) is 0 Å². The van der Waals surface area contributed by atoms with Gasteiger partial charge in [0.1, 0.15) is 0 Å².